The minimum Gasteiger partial charge on any atom is -0.337 e. The molecule has 132 valence electrons. The molecule has 2 aromatic carbocycles. The van der Waals surface area contributed by atoms with E-state index in [9.17, 15) is 9.59 Å². The van der Waals surface area contributed by atoms with Crippen LogP contribution < -0.4 is 5.56 Å². The van der Waals surface area contributed by atoms with Crippen LogP contribution >= 0.6 is 11.8 Å². The summed E-state index contributed by atoms with van der Waals surface area (Å²) in [5.41, 5.74) is 1.81. The lowest BCUT2D eigenvalue weighted by molar-refractivity contribution is 0.0772. The molecular weight excluding hydrogens is 346 g/mol. The second-order valence-corrected chi connectivity index (χ2v) is 7.53. The molecule has 0 radical (unpaired) electrons. The van der Waals surface area contributed by atoms with Gasteiger partial charge in [-0.1, -0.05) is 24.3 Å². The maximum absolute atomic E-state index is 12.9. The van der Waals surface area contributed by atoms with Crippen LogP contribution in [0.2, 0.25) is 0 Å². The van der Waals surface area contributed by atoms with Crippen molar-refractivity contribution in [2.24, 2.45) is 0 Å². The number of nitrogens with zero attached hydrogens (tertiary/aromatic N) is 3. The number of hydrogen-bond donors (Lipinski definition) is 0. The molecule has 1 aliphatic heterocycles. The zero-order valence-corrected chi connectivity index (χ0v) is 15.3. The molecule has 1 amide bonds. The van der Waals surface area contributed by atoms with Crippen LogP contribution in [0, 0.1) is 6.92 Å². The molecule has 0 unspecified atom stereocenters. The maximum atomic E-state index is 12.9. The maximum Gasteiger partial charge on any atom is 0.279 e. The molecule has 6 heteroatoms. The fourth-order valence-corrected chi connectivity index (χ4v) is 4.15. The molecular formula is C20H19N3O2S. The smallest absolute Gasteiger partial charge is 0.279 e. The first-order valence-electron chi connectivity index (χ1n) is 8.61. The molecule has 4 rings (SSSR count). The molecule has 0 bridgehead atoms. The van der Waals surface area contributed by atoms with Gasteiger partial charge in [-0.2, -0.15) is 21.5 Å². The zero-order chi connectivity index (χ0) is 18.1. The van der Waals surface area contributed by atoms with E-state index in [1.807, 2.05) is 53.9 Å². The van der Waals surface area contributed by atoms with Gasteiger partial charge in [0.2, 0.25) is 0 Å². The molecule has 1 saturated heterocycles. The van der Waals surface area contributed by atoms with Crippen molar-refractivity contribution < 1.29 is 4.79 Å². The SMILES string of the molecule is Cc1nn(-c2cccc(C(=O)N3CCSCC3)c2)c(=O)c2ccccc12. The monoisotopic (exact) mass is 365 g/mol. The third-order valence-corrected chi connectivity index (χ3v) is 5.57. The van der Waals surface area contributed by atoms with Crippen molar-refractivity contribution in [2.75, 3.05) is 24.6 Å². The van der Waals surface area contributed by atoms with Crippen LogP contribution in [0.25, 0.3) is 16.5 Å². The van der Waals surface area contributed by atoms with E-state index >= 15 is 0 Å². The van der Waals surface area contributed by atoms with Gasteiger partial charge in [0.15, 0.2) is 0 Å². The van der Waals surface area contributed by atoms with Crippen molar-refractivity contribution in [1.29, 1.82) is 0 Å². The summed E-state index contributed by atoms with van der Waals surface area (Å²) in [5, 5.41) is 5.94. The summed E-state index contributed by atoms with van der Waals surface area (Å²) in [5.74, 6) is 1.95. The predicted molar refractivity (Wildman–Crippen MR) is 105 cm³/mol. The topological polar surface area (TPSA) is 55.2 Å². The van der Waals surface area contributed by atoms with E-state index in [0.29, 0.717) is 16.6 Å². The Bertz CT molecular complexity index is 1040. The molecule has 1 fully saturated rings. The van der Waals surface area contributed by atoms with E-state index in [1.165, 1.54) is 4.68 Å². The highest BCUT2D eigenvalue weighted by molar-refractivity contribution is 7.99. The molecule has 0 atom stereocenters. The molecule has 26 heavy (non-hydrogen) atoms. The number of hydrogen-bond acceptors (Lipinski definition) is 4. The number of fused-ring (bicyclic) bond motifs is 1. The summed E-state index contributed by atoms with van der Waals surface area (Å²) in [7, 11) is 0. The van der Waals surface area contributed by atoms with Crippen LogP contribution in [0.1, 0.15) is 16.1 Å². The summed E-state index contributed by atoms with van der Waals surface area (Å²) in [6, 6.07) is 14.6. The molecule has 0 saturated carbocycles. The number of amides is 1. The van der Waals surface area contributed by atoms with Crippen molar-refractivity contribution >= 4 is 28.4 Å². The Kier molecular flexibility index (Phi) is 4.51. The van der Waals surface area contributed by atoms with Gasteiger partial charge in [-0.15, -0.1) is 0 Å². The lowest BCUT2D eigenvalue weighted by atomic mass is 10.1. The van der Waals surface area contributed by atoms with Gasteiger partial charge in [-0.25, -0.2) is 0 Å². The predicted octanol–water partition coefficient (Wildman–Crippen LogP) is 2.88. The summed E-state index contributed by atoms with van der Waals surface area (Å²) in [6.07, 6.45) is 0. The van der Waals surface area contributed by atoms with Gasteiger partial charge in [0.05, 0.1) is 16.8 Å². The second-order valence-electron chi connectivity index (χ2n) is 6.30. The molecule has 2 heterocycles. The van der Waals surface area contributed by atoms with E-state index in [2.05, 4.69) is 5.10 Å². The summed E-state index contributed by atoms with van der Waals surface area (Å²) in [6.45, 7) is 3.42. The van der Waals surface area contributed by atoms with E-state index < -0.39 is 0 Å². The highest BCUT2D eigenvalue weighted by Gasteiger charge is 2.19. The van der Waals surface area contributed by atoms with E-state index in [-0.39, 0.29) is 11.5 Å². The lowest BCUT2D eigenvalue weighted by Gasteiger charge is -2.26. The molecule has 1 aromatic heterocycles. The van der Waals surface area contributed by atoms with Crippen LogP contribution in [0.3, 0.4) is 0 Å². The van der Waals surface area contributed by atoms with Gasteiger partial charge in [0, 0.05) is 35.5 Å². The Labute approximate surface area is 155 Å². The average molecular weight is 365 g/mol. The second kappa shape index (κ2) is 6.96. The van der Waals surface area contributed by atoms with Gasteiger partial charge < -0.3 is 4.90 Å². The summed E-state index contributed by atoms with van der Waals surface area (Å²) < 4.78 is 1.39. The molecule has 0 spiro atoms. The number of carbonyl (C=O) groups excluding carboxylic acids is 1. The first kappa shape index (κ1) is 16.8. The van der Waals surface area contributed by atoms with Crippen molar-refractivity contribution in [3.63, 3.8) is 0 Å². The third-order valence-electron chi connectivity index (χ3n) is 4.63. The quantitative estimate of drug-likeness (QED) is 0.701. The Hall–Kier alpha value is -2.60. The number of aryl methyl sites for hydroxylation is 1. The summed E-state index contributed by atoms with van der Waals surface area (Å²) >= 11 is 1.87. The molecule has 3 aromatic rings. The molecule has 0 aliphatic carbocycles. The van der Waals surface area contributed by atoms with Gasteiger partial charge in [0.1, 0.15) is 0 Å². The van der Waals surface area contributed by atoms with Crippen LogP contribution in [-0.4, -0.2) is 45.2 Å². The normalized spacial score (nSPS) is 14.6. The van der Waals surface area contributed by atoms with Crippen molar-refractivity contribution in [2.45, 2.75) is 6.92 Å². The highest BCUT2D eigenvalue weighted by atomic mass is 32.2. The van der Waals surface area contributed by atoms with E-state index in [1.54, 1.807) is 18.2 Å². The summed E-state index contributed by atoms with van der Waals surface area (Å²) in [4.78, 5) is 27.5. The number of thioether (sulfide) groups is 1. The van der Waals surface area contributed by atoms with Crippen molar-refractivity contribution in [3.8, 4) is 5.69 Å². The molecule has 0 N–H and O–H groups in total. The largest absolute Gasteiger partial charge is 0.337 e. The first-order valence-corrected chi connectivity index (χ1v) is 9.77. The Morgan fingerprint density at radius 2 is 1.77 bits per heavy atom. The first-order chi connectivity index (χ1) is 12.6. The van der Waals surface area contributed by atoms with Crippen LogP contribution in [0.4, 0.5) is 0 Å². The highest BCUT2D eigenvalue weighted by Crippen LogP contribution is 2.17. The van der Waals surface area contributed by atoms with E-state index in [0.717, 1.165) is 35.7 Å². The fraction of sp³-hybridized carbons (Fsp3) is 0.250. The number of carbonyl (C=O) groups is 1. The van der Waals surface area contributed by atoms with Gasteiger partial charge in [0.25, 0.3) is 11.5 Å². The van der Waals surface area contributed by atoms with Gasteiger partial charge in [-0.05, 0) is 31.2 Å². The Balaban J connectivity index is 1.77. The van der Waals surface area contributed by atoms with Gasteiger partial charge in [-0.3, -0.25) is 9.59 Å². The lowest BCUT2D eigenvalue weighted by Crippen LogP contribution is -2.38. The number of benzene rings is 2. The Morgan fingerprint density at radius 3 is 2.54 bits per heavy atom. The van der Waals surface area contributed by atoms with Gasteiger partial charge >= 0.3 is 0 Å². The number of aromatic nitrogens is 2. The van der Waals surface area contributed by atoms with E-state index in [4.69, 9.17) is 0 Å². The molecule has 5 nitrogen and oxygen atoms in total. The minimum absolute atomic E-state index is 0.0118. The van der Waals surface area contributed by atoms with Crippen LogP contribution in [0.15, 0.2) is 53.3 Å². The van der Waals surface area contributed by atoms with Crippen LogP contribution in [0.5, 0.6) is 0 Å². The Morgan fingerprint density at radius 1 is 1.04 bits per heavy atom. The average Bonchev–Trinajstić information content (AvgIpc) is 2.71. The number of rotatable bonds is 2. The standard InChI is InChI=1S/C20H19N3O2S/c1-14-17-7-2-3-8-18(17)20(25)23(21-14)16-6-4-5-15(13-16)19(24)22-9-11-26-12-10-22/h2-8,13H,9-12H2,1H3. The molecule has 1 aliphatic rings. The van der Waals surface area contributed by atoms with Crippen molar-refractivity contribution in [1.82, 2.24) is 14.7 Å². The fourth-order valence-electron chi connectivity index (χ4n) is 3.24. The zero-order valence-electron chi connectivity index (χ0n) is 14.5. The van der Waals surface area contributed by atoms with Crippen molar-refractivity contribution in [3.05, 3.63) is 70.1 Å². The minimum atomic E-state index is -0.176. The third kappa shape index (κ3) is 3.01. The van der Waals surface area contributed by atoms with Crippen LogP contribution in [-0.2, 0) is 0 Å².